The van der Waals surface area contributed by atoms with Crippen molar-refractivity contribution in [2.75, 3.05) is 11.9 Å². The van der Waals surface area contributed by atoms with Gasteiger partial charge in [-0.15, -0.1) is 6.58 Å². The van der Waals surface area contributed by atoms with E-state index in [2.05, 4.69) is 47.0 Å². The third kappa shape index (κ3) is 2.44. The van der Waals surface area contributed by atoms with Crippen LogP contribution in [-0.2, 0) is 19.9 Å². The first-order valence-corrected chi connectivity index (χ1v) is 9.95. The van der Waals surface area contributed by atoms with Gasteiger partial charge in [0, 0.05) is 28.3 Å². The summed E-state index contributed by atoms with van der Waals surface area (Å²) in [5, 5.41) is 6.33. The summed E-state index contributed by atoms with van der Waals surface area (Å²) in [5.41, 5.74) is 0.193. The molecule has 2 saturated heterocycles. The van der Waals surface area contributed by atoms with E-state index in [-0.39, 0.29) is 30.3 Å². The lowest BCUT2D eigenvalue weighted by atomic mass is 9.76. The summed E-state index contributed by atoms with van der Waals surface area (Å²) in [4.78, 5) is 40.7. The molecule has 0 aliphatic carbocycles. The van der Waals surface area contributed by atoms with E-state index in [4.69, 9.17) is 0 Å². The summed E-state index contributed by atoms with van der Waals surface area (Å²) in [7, 11) is 0. The molecule has 4 rings (SSSR count). The van der Waals surface area contributed by atoms with Crippen LogP contribution in [0.15, 0.2) is 35.3 Å². The van der Waals surface area contributed by atoms with Crippen LogP contribution in [0.1, 0.15) is 25.8 Å². The Morgan fingerprint density at radius 1 is 1.30 bits per heavy atom. The first-order chi connectivity index (χ1) is 12.8. The number of amides is 3. The van der Waals surface area contributed by atoms with Gasteiger partial charge in [-0.1, -0.05) is 35.9 Å². The highest BCUT2D eigenvalue weighted by atomic mass is 79.9. The molecule has 3 heterocycles. The van der Waals surface area contributed by atoms with E-state index in [0.717, 1.165) is 10.0 Å². The summed E-state index contributed by atoms with van der Waals surface area (Å²) >= 11 is 3.46. The number of carbonyl (C=O) groups is 3. The molecule has 2 fully saturated rings. The maximum Gasteiger partial charge on any atom is 0.250 e. The molecule has 0 unspecified atom stereocenters. The van der Waals surface area contributed by atoms with Crippen LogP contribution in [0.5, 0.6) is 0 Å². The van der Waals surface area contributed by atoms with Crippen molar-refractivity contribution in [1.29, 1.82) is 0 Å². The quantitative estimate of drug-likeness (QED) is 0.566. The zero-order valence-electron chi connectivity index (χ0n) is 15.3. The minimum atomic E-state index is -1.22. The Balaban J connectivity index is 1.89. The average molecular weight is 432 g/mol. The van der Waals surface area contributed by atoms with Crippen LogP contribution in [0, 0.1) is 17.8 Å². The highest BCUT2D eigenvalue weighted by molar-refractivity contribution is 9.10. The number of carbonyl (C=O) groups excluding carboxylic acids is 3. The number of hydrogen-bond donors (Lipinski definition) is 2. The van der Waals surface area contributed by atoms with Crippen LogP contribution in [-0.4, -0.2) is 35.2 Å². The van der Waals surface area contributed by atoms with Crippen molar-refractivity contribution in [1.82, 2.24) is 10.2 Å². The molecule has 142 valence electrons. The number of likely N-dealkylation sites (tertiary alicyclic amines) is 1. The maximum absolute atomic E-state index is 13.2. The monoisotopic (exact) mass is 431 g/mol. The highest BCUT2D eigenvalue weighted by Gasteiger charge is 2.70. The number of imide groups is 1. The normalized spacial score (nSPS) is 31.6. The number of rotatable bonds is 4. The zero-order chi connectivity index (χ0) is 19.5. The number of fused-ring (bicyclic) bond motifs is 4. The minimum Gasteiger partial charge on any atom is -0.324 e. The van der Waals surface area contributed by atoms with Crippen molar-refractivity contribution in [2.24, 2.45) is 17.8 Å². The Hall–Kier alpha value is -1.99. The standard InChI is InChI=1S/C20H22BrN3O3/c1-4-7-24-17(25)15-14(8-10(2)3)23-20(16(15)18(24)26)12-9-11(21)5-6-13(12)22-19(20)27/h4-6,9-10,14-16,23H,1,7-8H2,2-3H3,(H,22,27)/t14-,15-,16-,20-/m0/s1. The Kier molecular flexibility index (Phi) is 4.27. The molecule has 3 amide bonds. The largest absolute Gasteiger partial charge is 0.324 e. The highest BCUT2D eigenvalue weighted by Crippen LogP contribution is 2.54. The lowest BCUT2D eigenvalue weighted by molar-refractivity contribution is -0.142. The summed E-state index contributed by atoms with van der Waals surface area (Å²) in [6.45, 7) is 7.97. The molecule has 1 aromatic rings. The lowest BCUT2D eigenvalue weighted by Crippen LogP contribution is -2.53. The smallest absolute Gasteiger partial charge is 0.250 e. The van der Waals surface area contributed by atoms with Crippen molar-refractivity contribution in [2.45, 2.75) is 31.8 Å². The van der Waals surface area contributed by atoms with Crippen LogP contribution in [0.25, 0.3) is 0 Å². The summed E-state index contributed by atoms with van der Waals surface area (Å²) in [6.07, 6.45) is 2.26. The van der Waals surface area contributed by atoms with E-state index in [0.29, 0.717) is 18.0 Å². The third-order valence-corrected chi connectivity index (χ3v) is 6.30. The summed E-state index contributed by atoms with van der Waals surface area (Å²) < 4.78 is 0.822. The van der Waals surface area contributed by atoms with Gasteiger partial charge in [0.1, 0.15) is 5.54 Å². The van der Waals surface area contributed by atoms with Crippen LogP contribution < -0.4 is 10.6 Å². The predicted octanol–water partition coefficient (Wildman–Crippen LogP) is 2.40. The molecule has 7 heteroatoms. The predicted molar refractivity (Wildman–Crippen MR) is 105 cm³/mol. The molecule has 0 saturated carbocycles. The van der Waals surface area contributed by atoms with Gasteiger partial charge in [0.2, 0.25) is 17.7 Å². The van der Waals surface area contributed by atoms with Gasteiger partial charge in [0.25, 0.3) is 0 Å². The van der Waals surface area contributed by atoms with E-state index < -0.39 is 17.4 Å². The van der Waals surface area contributed by atoms with Crippen LogP contribution in [0.2, 0.25) is 0 Å². The average Bonchev–Trinajstić information content (AvgIpc) is 3.16. The Morgan fingerprint density at radius 3 is 2.70 bits per heavy atom. The number of anilines is 1. The topological polar surface area (TPSA) is 78.5 Å². The second kappa shape index (κ2) is 6.27. The van der Waals surface area contributed by atoms with Gasteiger partial charge < -0.3 is 5.32 Å². The van der Waals surface area contributed by atoms with Crippen molar-refractivity contribution < 1.29 is 14.4 Å². The Morgan fingerprint density at radius 2 is 2.04 bits per heavy atom. The number of nitrogens with one attached hydrogen (secondary N) is 2. The van der Waals surface area contributed by atoms with Crippen LogP contribution in [0.4, 0.5) is 5.69 Å². The van der Waals surface area contributed by atoms with Crippen molar-refractivity contribution in [3.63, 3.8) is 0 Å². The van der Waals surface area contributed by atoms with Crippen LogP contribution in [0.3, 0.4) is 0 Å². The van der Waals surface area contributed by atoms with E-state index in [1.54, 1.807) is 6.08 Å². The van der Waals surface area contributed by atoms with Gasteiger partial charge in [-0.3, -0.25) is 24.6 Å². The van der Waals surface area contributed by atoms with E-state index in [1.165, 1.54) is 4.90 Å². The minimum absolute atomic E-state index is 0.169. The first-order valence-electron chi connectivity index (χ1n) is 9.16. The lowest BCUT2D eigenvalue weighted by Gasteiger charge is -2.29. The van der Waals surface area contributed by atoms with Gasteiger partial charge in [0.05, 0.1) is 11.8 Å². The molecule has 6 nitrogen and oxygen atoms in total. The van der Waals surface area contributed by atoms with Gasteiger partial charge in [-0.2, -0.15) is 0 Å². The molecular formula is C20H22BrN3O3. The second-order valence-corrected chi connectivity index (χ2v) is 8.83. The van der Waals surface area contributed by atoms with E-state index in [9.17, 15) is 14.4 Å². The molecule has 0 aromatic heterocycles. The molecule has 3 aliphatic rings. The number of hydrogen-bond acceptors (Lipinski definition) is 4. The Labute approximate surface area is 166 Å². The number of halogens is 1. The molecule has 0 radical (unpaired) electrons. The van der Waals surface area contributed by atoms with Crippen molar-refractivity contribution in [3.05, 3.63) is 40.9 Å². The molecular weight excluding hydrogens is 410 g/mol. The number of nitrogens with zero attached hydrogens (tertiary/aromatic N) is 1. The second-order valence-electron chi connectivity index (χ2n) is 7.91. The van der Waals surface area contributed by atoms with E-state index >= 15 is 0 Å². The van der Waals surface area contributed by atoms with Crippen molar-refractivity contribution >= 4 is 39.3 Å². The SMILES string of the molecule is C=CCN1C(=O)[C@H]2[C@H](CC(C)C)N[C@]3(C(=O)Nc4ccc(Br)cc43)[C@@H]2C1=O. The molecule has 0 bridgehead atoms. The third-order valence-electron chi connectivity index (χ3n) is 5.81. The molecule has 1 aromatic carbocycles. The van der Waals surface area contributed by atoms with E-state index in [1.807, 2.05) is 18.2 Å². The summed E-state index contributed by atoms with van der Waals surface area (Å²) in [5.74, 6) is -1.75. The molecule has 2 N–H and O–H groups in total. The zero-order valence-corrected chi connectivity index (χ0v) is 16.9. The fourth-order valence-electron chi connectivity index (χ4n) is 4.85. The molecule has 3 aliphatic heterocycles. The van der Waals surface area contributed by atoms with Gasteiger partial charge in [-0.25, -0.2) is 0 Å². The molecule has 1 spiro atoms. The van der Waals surface area contributed by atoms with Crippen molar-refractivity contribution in [3.8, 4) is 0 Å². The molecule has 27 heavy (non-hydrogen) atoms. The van der Waals surface area contributed by atoms with Gasteiger partial charge in [-0.05, 0) is 30.5 Å². The van der Waals surface area contributed by atoms with Crippen LogP contribution >= 0.6 is 15.9 Å². The fourth-order valence-corrected chi connectivity index (χ4v) is 5.21. The summed E-state index contributed by atoms with van der Waals surface area (Å²) in [6, 6.07) is 5.29. The van der Waals surface area contributed by atoms with Gasteiger partial charge in [0.15, 0.2) is 0 Å². The number of benzene rings is 1. The fraction of sp³-hybridized carbons (Fsp3) is 0.450. The van der Waals surface area contributed by atoms with Gasteiger partial charge >= 0.3 is 0 Å². The maximum atomic E-state index is 13.2. The Bertz CT molecular complexity index is 868. The molecule has 4 atom stereocenters. The first kappa shape index (κ1) is 18.4.